The van der Waals surface area contributed by atoms with Gasteiger partial charge in [-0.15, -0.1) is 0 Å². The number of para-hydroxylation sites is 3. The highest BCUT2D eigenvalue weighted by Crippen LogP contribution is 2.44. The number of fused-ring (bicyclic) bond motifs is 6. The molecule has 43 heavy (non-hydrogen) atoms. The van der Waals surface area contributed by atoms with Crippen molar-refractivity contribution in [2.45, 2.75) is 0 Å². The highest BCUT2D eigenvalue weighted by atomic mass is 15.1. The molecular formula is C39H24N4. The van der Waals surface area contributed by atoms with E-state index in [4.69, 9.17) is 9.97 Å². The Morgan fingerprint density at radius 3 is 1.72 bits per heavy atom. The van der Waals surface area contributed by atoms with Gasteiger partial charge in [0, 0.05) is 29.0 Å². The number of hydrogen-bond donors (Lipinski definition) is 0. The van der Waals surface area contributed by atoms with Gasteiger partial charge in [0.15, 0.2) is 5.65 Å². The standard InChI is InChI=1S/C39H24N4/c1-2-12-27(13-3-1)43-35-21-20-25(23-32(35)38-39(43)42-34-19-9-8-18-33(34)41-38)36-28-14-4-6-16-30(28)37(26-11-10-22-40-24-26)31-17-7-5-15-29(31)36/h1-24H. The summed E-state index contributed by atoms with van der Waals surface area (Å²) in [5.41, 5.74) is 10.4. The smallest absolute Gasteiger partial charge is 0.165 e. The fourth-order valence-corrected chi connectivity index (χ4v) is 6.62. The lowest BCUT2D eigenvalue weighted by atomic mass is 9.86. The fourth-order valence-electron chi connectivity index (χ4n) is 6.62. The Hall–Kier alpha value is -5.87. The van der Waals surface area contributed by atoms with Gasteiger partial charge in [0.25, 0.3) is 0 Å². The first kappa shape index (κ1) is 23.8. The molecule has 9 aromatic rings. The molecule has 0 spiro atoms. The second-order valence-electron chi connectivity index (χ2n) is 10.9. The Balaban J connectivity index is 1.41. The van der Waals surface area contributed by atoms with Gasteiger partial charge in [-0.2, -0.15) is 0 Å². The van der Waals surface area contributed by atoms with E-state index in [1.165, 1.54) is 32.7 Å². The SMILES string of the molecule is c1ccc(-n2c3ccc(-c4c5ccccc5c(-c5cccnc5)c5ccccc45)cc3c3nc4ccccc4nc32)cc1. The summed E-state index contributed by atoms with van der Waals surface area (Å²) in [7, 11) is 0. The Bertz CT molecular complexity index is 2440. The van der Waals surface area contributed by atoms with Gasteiger partial charge in [0.05, 0.1) is 16.6 Å². The summed E-state index contributed by atoms with van der Waals surface area (Å²) in [6, 6.07) is 46.9. The number of rotatable bonds is 3. The molecule has 0 N–H and O–H groups in total. The minimum Gasteiger partial charge on any atom is -0.293 e. The van der Waals surface area contributed by atoms with Crippen molar-refractivity contribution in [3.63, 3.8) is 0 Å². The van der Waals surface area contributed by atoms with Gasteiger partial charge in [-0.05, 0) is 80.7 Å². The number of benzene rings is 6. The first-order valence-corrected chi connectivity index (χ1v) is 14.5. The molecule has 0 aliphatic heterocycles. The van der Waals surface area contributed by atoms with Crippen LogP contribution in [0.15, 0.2) is 146 Å². The molecule has 4 heteroatoms. The second-order valence-corrected chi connectivity index (χ2v) is 10.9. The third-order valence-electron chi connectivity index (χ3n) is 8.44. The van der Waals surface area contributed by atoms with E-state index in [2.05, 4.69) is 107 Å². The van der Waals surface area contributed by atoms with E-state index in [0.29, 0.717) is 0 Å². The molecule has 0 aliphatic rings. The van der Waals surface area contributed by atoms with E-state index in [9.17, 15) is 0 Å². The minimum atomic E-state index is 0.860. The molecule has 0 aliphatic carbocycles. The molecule has 3 aromatic heterocycles. The Labute approximate surface area is 247 Å². The van der Waals surface area contributed by atoms with Gasteiger partial charge in [-0.3, -0.25) is 9.55 Å². The van der Waals surface area contributed by atoms with Crippen LogP contribution in [0, 0.1) is 0 Å². The van der Waals surface area contributed by atoms with Gasteiger partial charge in [-0.25, -0.2) is 9.97 Å². The zero-order valence-electron chi connectivity index (χ0n) is 23.1. The maximum Gasteiger partial charge on any atom is 0.165 e. The van der Waals surface area contributed by atoms with Crippen LogP contribution in [0.2, 0.25) is 0 Å². The largest absolute Gasteiger partial charge is 0.293 e. The summed E-state index contributed by atoms with van der Waals surface area (Å²) >= 11 is 0. The average molecular weight is 549 g/mol. The van der Waals surface area contributed by atoms with Crippen molar-refractivity contribution in [1.82, 2.24) is 19.5 Å². The van der Waals surface area contributed by atoms with Crippen molar-refractivity contribution in [3.05, 3.63) is 146 Å². The van der Waals surface area contributed by atoms with Crippen LogP contribution in [-0.2, 0) is 0 Å². The first-order chi connectivity index (χ1) is 21.3. The Morgan fingerprint density at radius 2 is 1.07 bits per heavy atom. The van der Waals surface area contributed by atoms with E-state index >= 15 is 0 Å². The van der Waals surface area contributed by atoms with Crippen molar-refractivity contribution >= 4 is 54.6 Å². The Morgan fingerprint density at radius 1 is 0.465 bits per heavy atom. The van der Waals surface area contributed by atoms with Gasteiger partial charge < -0.3 is 0 Å². The summed E-state index contributed by atoms with van der Waals surface area (Å²) in [6.07, 6.45) is 3.79. The summed E-state index contributed by atoms with van der Waals surface area (Å²) < 4.78 is 2.23. The van der Waals surface area contributed by atoms with Crippen LogP contribution in [0.25, 0.3) is 82.6 Å². The molecule has 9 rings (SSSR count). The summed E-state index contributed by atoms with van der Waals surface area (Å²) in [5.74, 6) is 0. The molecule has 3 heterocycles. The molecule has 0 saturated carbocycles. The number of aromatic nitrogens is 4. The third-order valence-corrected chi connectivity index (χ3v) is 8.44. The number of pyridine rings is 1. The molecule has 0 amide bonds. The molecule has 0 radical (unpaired) electrons. The molecule has 0 fully saturated rings. The Kier molecular flexibility index (Phi) is 5.16. The van der Waals surface area contributed by atoms with Crippen molar-refractivity contribution in [3.8, 4) is 27.9 Å². The average Bonchev–Trinajstić information content (AvgIpc) is 3.39. The first-order valence-electron chi connectivity index (χ1n) is 14.5. The van der Waals surface area contributed by atoms with Crippen molar-refractivity contribution in [1.29, 1.82) is 0 Å². The summed E-state index contributed by atoms with van der Waals surface area (Å²) in [6.45, 7) is 0. The number of nitrogens with zero attached hydrogens (tertiary/aromatic N) is 4. The van der Waals surface area contributed by atoms with Crippen LogP contribution in [0.5, 0.6) is 0 Å². The highest BCUT2D eigenvalue weighted by Gasteiger charge is 2.20. The normalized spacial score (nSPS) is 11.7. The maximum absolute atomic E-state index is 5.17. The molecule has 0 unspecified atom stereocenters. The second kappa shape index (κ2) is 9.33. The predicted molar refractivity (Wildman–Crippen MR) is 178 cm³/mol. The van der Waals surface area contributed by atoms with E-state index < -0.39 is 0 Å². The topological polar surface area (TPSA) is 43.6 Å². The highest BCUT2D eigenvalue weighted by molar-refractivity contribution is 6.22. The molecule has 200 valence electrons. The van der Waals surface area contributed by atoms with Gasteiger partial charge in [-0.1, -0.05) is 91.0 Å². The zero-order chi connectivity index (χ0) is 28.3. The number of hydrogen-bond acceptors (Lipinski definition) is 3. The zero-order valence-corrected chi connectivity index (χ0v) is 23.1. The maximum atomic E-state index is 5.17. The minimum absolute atomic E-state index is 0.860. The fraction of sp³-hybridized carbons (Fsp3) is 0. The van der Waals surface area contributed by atoms with E-state index in [1.54, 1.807) is 0 Å². The van der Waals surface area contributed by atoms with Crippen LogP contribution in [0.1, 0.15) is 0 Å². The van der Waals surface area contributed by atoms with Crippen LogP contribution < -0.4 is 0 Å². The lowest BCUT2D eigenvalue weighted by Gasteiger charge is -2.17. The van der Waals surface area contributed by atoms with Crippen molar-refractivity contribution in [2.75, 3.05) is 0 Å². The van der Waals surface area contributed by atoms with Crippen LogP contribution >= 0.6 is 0 Å². The van der Waals surface area contributed by atoms with Gasteiger partial charge in [0.2, 0.25) is 0 Å². The molecule has 0 saturated heterocycles. The molecular weight excluding hydrogens is 524 g/mol. The van der Waals surface area contributed by atoms with Gasteiger partial charge in [0.1, 0.15) is 5.52 Å². The summed E-state index contributed by atoms with van der Waals surface area (Å²) in [4.78, 5) is 14.8. The van der Waals surface area contributed by atoms with Crippen LogP contribution in [0.4, 0.5) is 0 Å². The van der Waals surface area contributed by atoms with E-state index in [-0.39, 0.29) is 0 Å². The third kappa shape index (κ3) is 3.60. The van der Waals surface area contributed by atoms with E-state index in [0.717, 1.165) is 49.9 Å². The molecule has 4 nitrogen and oxygen atoms in total. The molecule has 0 bridgehead atoms. The van der Waals surface area contributed by atoms with E-state index in [1.807, 2.05) is 48.8 Å². The quantitative estimate of drug-likeness (QED) is 0.206. The molecule has 6 aromatic carbocycles. The van der Waals surface area contributed by atoms with Crippen LogP contribution in [-0.4, -0.2) is 19.5 Å². The lowest BCUT2D eigenvalue weighted by Crippen LogP contribution is -1.96. The monoisotopic (exact) mass is 548 g/mol. The van der Waals surface area contributed by atoms with Crippen molar-refractivity contribution < 1.29 is 0 Å². The molecule has 0 atom stereocenters. The van der Waals surface area contributed by atoms with Crippen LogP contribution in [0.3, 0.4) is 0 Å². The predicted octanol–water partition coefficient (Wildman–Crippen LogP) is 9.76. The lowest BCUT2D eigenvalue weighted by molar-refractivity contribution is 1.14. The summed E-state index contributed by atoms with van der Waals surface area (Å²) in [5, 5.41) is 5.92. The van der Waals surface area contributed by atoms with Crippen molar-refractivity contribution in [2.24, 2.45) is 0 Å². The van der Waals surface area contributed by atoms with Gasteiger partial charge >= 0.3 is 0 Å².